The highest BCUT2D eigenvalue weighted by Crippen LogP contribution is 2.18. The summed E-state index contributed by atoms with van der Waals surface area (Å²) in [5.74, 6) is -0.0921. The number of hydrogen-bond acceptors (Lipinski definition) is 3. The molecule has 1 saturated heterocycles. The van der Waals surface area contributed by atoms with E-state index in [0.29, 0.717) is 17.3 Å². The van der Waals surface area contributed by atoms with Gasteiger partial charge in [-0.2, -0.15) is 0 Å². The molecular formula is C15H20BrFN2O. The van der Waals surface area contributed by atoms with Crippen LogP contribution in [0.5, 0.6) is 0 Å². The van der Waals surface area contributed by atoms with Crippen molar-refractivity contribution in [2.24, 2.45) is 0 Å². The Kier molecular flexibility index (Phi) is 5.29. The van der Waals surface area contributed by atoms with Crippen molar-refractivity contribution in [3.8, 4) is 0 Å². The average molecular weight is 343 g/mol. The topological polar surface area (TPSA) is 23.6 Å². The zero-order valence-corrected chi connectivity index (χ0v) is 13.5. The molecule has 0 spiro atoms. The Labute approximate surface area is 127 Å². The van der Waals surface area contributed by atoms with Crippen LogP contribution in [-0.4, -0.2) is 55.4 Å². The minimum absolute atomic E-state index is 0.204. The Morgan fingerprint density at radius 2 is 2.15 bits per heavy atom. The maximum atomic E-state index is 13.2. The van der Waals surface area contributed by atoms with Crippen LogP contribution in [0.2, 0.25) is 0 Å². The molecule has 1 aromatic rings. The molecule has 2 rings (SSSR count). The first-order valence-electron chi connectivity index (χ1n) is 6.80. The lowest BCUT2D eigenvalue weighted by atomic mass is 10.0. The molecule has 0 aromatic heterocycles. The van der Waals surface area contributed by atoms with Gasteiger partial charge in [0, 0.05) is 38.5 Å². The Hall–Kier alpha value is -0.780. The lowest BCUT2D eigenvalue weighted by Crippen LogP contribution is -2.50. The van der Waals surface area contributed by atoms with E-state index < -0.39 is 0 Å². The number of hydrogen-bond donors (Lipinski definition) is 0. The third kappa shape index (κ3) is 4.11. The molecule has 0 saturated carbocycles. The number of carbonyl (C=O) groups excluding carboxylic acids is 1. The summed E-state index contributed by atoms with van der Waals surface area (Å²) in [5.41, 5.74) is 0.857. The Morgan fingerprint density at radius 3 is 2.85 bits per heavy atom. The second kappa shape index (κ2) is 6.78. The van der Waals surface area contributed by atoms with Crippen molar-refractivity contribution in [1.29, 1.82) is 0 Å². The maximum Gasteiger partial charge on any atom is 0.138 e. The van der Waals surface area contributed by atoms with E-state index in [-0.39, 0.29) is 17.6 Å². The molecule has 1 aromatic carbocycles. The van der Waals surface area contributed by atoms with E-state index in [9.17, 15) is 9.18 Å². The number of piperazine rings is 1. The minimum atomic E-state index is -0.296. The Balaban J connectivity index is 1.93. The monoisotopic (exact) mass is 342 g/mol. The lowest BCUT2D eigenvalue weighted by molar-refractivity contribution is -0.120. The van der Waals surface area contributed by atoms with Crippen LogP contribution < -0.4 is 0 Å². The van der Waals surface area contributed by atoms with Gasteiger partial charge in [-0.3, -0.25) is 4.79 Å². The molecule has 1 unspecified atom stereocenters. The van der Waals surface area contributed by atoms with Gasteiger partial charge in [0.15, 0.2) is 0 Å². The van der Waals surface area contributed by atoms with Gasteiger partial charge in [-0.25, -0.2) is 4.39 Å². The number of carbonyl (C=O) groups is 1. The van der Waals surface area contributed by atoms with E-state index in [4.69, 9.17) is 0 Å². The van der Waals surface area contributed by atoms with Gasteiger partial charge in [0.1, 0.15) is 11.6 Å². The second-order valence-corrected chi connectivity index (χ2v) is 6.42. The summed E-state index contributed by atoms with van der Waals surface area (Å²) >= 11 is 3.15. The number of Topliss-reactive ketones (excluding diaryl/α,β-unsaturated/α-hetero) is 1. The van der Waals surface area contributed by atoms with Crippen molar-refractivity contribution in [3.63, 3.8) is 0 Å². The SMILES string of the molecule is CN1CCN(C)C(CC(=O)Cc2ccc(F)c(Br)c2)C1. The van der Waals surface area contributed by atoms with Gasteiger partial charge in [-0.1, -0.05) is 6.07 Å². The molecule has 110 valence electrons. The summed E-state index contributed by atoms with van der Waals surface area (Å²) in [5, 5.41) is 0. The predicted molar refractivity (Wildman–Crippen MR) is 81.3 cm³/mol. The summed E-state index contributed by atoms with van der Waals surface area (Å²) in [6.07, 6.45) is 0.919. The van der Waals surface area contributed by atoms with Gasteiger partial charge in [0.25, 0.3) is 0 Å². The highest BCUT2D eigenvalue weighted by Gasteiger charge is 2.24. The van der Waals surface area contributed by atoms with Crippen molar-refractivity contribution in [3.05, 3.63) is 34.1 Å². The zero-order chi connectivity index (χ0) is 14.7. The highest BCUT2D eigenvalue weighted by molar-refractivity contribution is 9.10. The fourth-order valence-electron chi connectivity index (χ4n) is 2.53. The van der Waals surface area contributed by atoms with E-state index in [0.717, 1.165) is 25.2 Å². The summed E-state index contributed by atoms with van der Waals surface area (Å²) in [6, 6.07) is 5.04. The van der Waals surface area contributed by atoms with E-state index in [2.05, 4.69) is 39.8 Å². The third-order valence-electron chi connectivity index (χ3n) is 3.83. The fourth-order valence-corrected chi connectivity index (χ4v) is 2.96. The van der Waals surface area contributed by atoms with Crippen LogP contribution >= 0.6 is 15.9 Å². The average Bonchev–Trinajstić information content (AvgIpc) is 2.38. The molecule has 0 aliphatic carbocycles. The van der Waals surface area contributed by atoms with E-state index in [1.165, 1.54) is 6.07 Å². The third-order valence-corrected chi connectivity index (χ3v) is 4.44. The Morgan fingerprint density at radius 1 is 1.40 bits per heavy atom. The first-order valence-corrected chi connectivity index (χ1v) is 7.59. The molecule has 1 atom stereocenters. The number of likely N-dealkylation sites (N-methyl/N-ethyl adjacent to an activating group) is 2. The van der Waals surface area contributed by atoms with E-state index in [1.54, 1.807) is 12.1 Å². The summed E-state index contributed by atoms with van der Waals surface area (Å²) in [6.45, 7) is 2.97. The van der Waals surface area contributed by atoms with Gasteiger partial charge < -0.3 is 9.80 Å². The van der Waals surface area contributed by atoms with Gasteiger partial charge in [-0.05, 0) is 47.7 Å². The minimum Gasteiger partial charge on any atom is -0.304 e. The van der Waals surface area contributed by atoms with Gasteiger partial charge in [0.05, 0.1) is 4.47 Å². The first-order chi connectivity index (χ1) is 9.45. The van der Waals surface area contributed by atoms with Crippen molar-refractivity contribution in [1.82, 2.24) is 9.80 Å². The number of benzene rings is 1. The van der Waals surface area contributed by atoms with Gasteiger partial charge >= 0.3 is 0 Å². The molecule has 0 radical (unpaired) electrons. The lowest BCUT2D eigenvalue weighted by Gasteiger charge is -2.37. The molecule has 3 nitrogen and oxygen atoms in total. The van der Waals surface area contributed by atoms with Crippen LogP contribution in [0, 0.1) is 5.82 Å². The van der Waals surface area contributed by atoms with Gasteiger partial charge in [-0.15, -0.1) is 0 Å². The quantitative estimate of drug-likeness (QED) is 0.839. The summed E-state index contributed by atoms with van der Waals surface area (Å²) < 4.78 is 13.6. The molecule has 5 heteroatoms. The summed E-state index contributed by atoms with van der Waals surface area (Å²) in [4.78, 5) is 16.7. The van der Waals surface area contributed by atoms with E-state index in [1.807, 2.05) is 0 Å². The van der Waals surface area contributed by atoms with Crippen LogP contribution in [0.25, 0.3) is 0 Å². The molecule has 1 fully saturated rings. The second-order valence-electron chi connectivity index (χ2n) is 5.56. The van der Waals surface area contributed by atoms with Crippen LogP contribution in [0.4, 0.5) is 4.39 Å². The highest BCUT2D eigenvalue weighted by atomic mass is 79.9. The van der Waals surface area contributed by atoms with E-state index >= 15 is 0 Å². The molecule has 0 N–H and O–H groups in total. The molecule has 1 aliphatic heterocycles. The standard InChI is InChI=1S/C15H20BrFN2O/c1-18-5-6-19(2)12(10-18)9-13(20)7-11-3-4-15(17)14(16)8-11/h3-4,8,12H,5-7,9-10H2,1-2H3. The van der Waals surface area contributed by atoms with Crippen molar-refractivity contribution < 1.29 is 9.18 Å². The van der Waals surface area contributed by atoms with Crippen LogP contribution in [0.3, 0.4) is 0 Å². The summed E-state index contributed by atoms with van der Waals surface area (Å²) in [7, 11) is 4.15. The smallest absolute Gasteiger partial charge is 0.138 e. The van der Waals surface area contributed by atoms with Crippen molar-refractivity contribution in [2.75, 3.05) is 33.7 Å². The molecule has 20 heavy (non-hydrogen) atoms. The maximum absolute atomic E-state index is 13.2. The normalized spacial score (nSPS) is 21.1. The van der Waals surface area contributed by atoms with Gasteiger partial charge in [0.2, 0.25) is 0 Å². The molecule has 1 heterocycles. The van der Waals surface area contributed by atoms with Crippen LogP contribution in [0.15, 0.2) is 22.7 Å². The molecule has 1 aliphatic rings. The number of ketones is 1. The number of nitrogens with zero attached hydrogens (tertiary/aromatic N) is 2. The predicted octanol–water partition coefficient (Wildman–Crippen LogP) is 2.34. The van der Waals surface area contributed by atoms with Crippen LogP contribution in [-0.2, 0) is 11.2 Å². The Bertz CT molecular complexity index is 495. The molecule has 0 bridgehead atoms. The largest absolute Gasteiger partial charge is 0.304 e. The number of halogens is 2. The van der Waals surface area contributed by atoms with Crippen LogP contribution in [0.1, 0.15) is 12.0 Å². The first kappa shape index (κ1) is 15.6. The molecular weight excluding hydrogens is 323 g/mol. The van der Waals surface area contributed by atoms with Crippen molar-refractivity contribution in [2.45, 2.75) is 18.9 Å². The molecule has 0 amide bonds. The number of rotatable bonds is 4. The zero-order valence-electron chi connectivity index (χ0n) is 11.9. The van der Waals surface area contributed by atoms with Crippen molar-refractivity contribution >= 4 is 21.7 Å². The fraction of sp³-hybridized carbons (Fsp3) is 0.533.